The highest BCUT2D eigenvalue weighted by Crippen LogP contribution is 2.20. The number of rotatable bonds is 13. The van der Waals surface area contributed by atoms with Crippen molar-refractivity contribution in [3.05, 3.63) is 39.2 Å². The summed E-state index contributed by atoms with van der Waals surface area (Å²) in [5, 5.41) is 28.9. The molecule has 15 heteroatoms. The summed E-state index contributed by atoms with van der Waals surface area (Å²) < 4.78 is 1.66. The first-order chi connectivity index (χ1) is 17.7. The van der Waals surface area contributed by atoms with Crippen LogP contribution in [0.25, 0.3) is 0 Å². The molecular formula is C22H30N10O2S3. The van der Waals surface area contributed by atoms with Crippen molar-refractivity contribution < 1.29 is 9.59 Å². The number of hydrogen-bond acceptors (Lipinski definition) is 12. The van der Waals surface area contributed by atoms with Crippen molar-refractivity contribution in [3.63, 3.8) is 0 Å². The Bertz CT molecular complexity index is 1270. The highest BCUT2D eigenvalue weighted by atomic mass is 32.2. The van der Waals surface area contributed by atoms with Gasteiger partial charge in [-0.15, -0.1) is 20.4 Å². The number of nitrogens with two attached hydrogens (primary N) is 1. The standard InChI is InChI=1S/C22H30N10O2S3/c1-13(23)9-14(2)24-11-17(33)25-21-29-27-19(36-21)5-7-35-8-6-20-28-30-22(37-20)26-18(34)12-32-16(4)10-15(3)31-32/h9-10H,5-8,11-12,23H2,1-4H3,(H,25,29,33)(H,26,30,34). The van der Waals surface area contributed by atoms with Gasteiger partial charge in [-0.05, 0) is 51.3 Å². The van der Waals surface area contributed by atoms with Crippen LogP contribution in [0.5, 0.6) is 0 Å². The molecule has 0 aromatic carbocycles. The van der Waals surface area contributed by atoms with Crippen molar-refractivity contribution in [1.82, 2.24) is 30.2 Å². The largest absolute Gasteiger partial charge is 0.402 e. The molecule has 0 unspecified atom stereocenters. The van der Waals surface area contributed by atoms with E-state index >= 15 is 0 Å². The summed E-state index contributed by atoms with van der Waals surface area (Å²) in [4.78, 5) is 28.5. The number of aliphatic imine (C=N–C) groups is 1. The van der Waals surface area contributed by atoms with Gasteiger partial charge in [0.05, 0.1) is 5.69 Å². The maximum atomic E-state index is 12.3. The van der Waals surface area contributed by atoms with Crippen LogP contribution in [0.2, 0.25) is 0 Å². The first kappa shape index (κ1) is 28.4. The lowest BCUT2D eigenvalue weighted by atomic mass is 10.3. The molecule has 0 spiro atoms. The number of carbonyl (C=O) groups is 2. The molecule has 0 aliphatic rings. The number of aryl methyl sites for hydroxylation is 4. The molecule has 198 valence electrons. The van der Waals surface area contributed by atoms with Crippen LogP contribution in [0, 0.1) is 13.8 Å². The minimum absolute atomic E-state index is 0.00109. The average Bonchev–Trinajstić information content (AvgIpc) is 3.53. The van der Waals surface area contributed by atoms with Crippen molar-refractivity contribution in [1.29, 1.82) is 0 Å². The van der Waals surface area contributed by atoms with Gasteiger partial charge in [0.15, 0.2) is 0 Å². The summed E-state index contributed by atoms with van der Waals surface area (Å²) in [6.07, 6.45) is 3.22. The number of nitrogens with zero attached hydrogens (tertiary/aromatic N) is 7. The van der Waals surface area contributed by atoms with Crippen LogP contribution >= 0.6 is 34.4 Å². The lowest BCUT2D eigenvalue weighted by molar-refractivity contribution is -0.117. The Balaban J connectivity index is 1.32. The molecule has 3 heterocycles. The van der Waals surface area contributed by atoms with Crippen LogP contribution in [-0.2, 0) is 29.0 Å². The fraction of sp³-hybridized carbons (Fsp3) is 0.455. The molecular weight excluding hydrogens is 533 g/mol. The first-order valence-corrected chi connectivity index (χ1v) is 14.2. The Hall–Kier alpha value is -3.17. The van der Waals surface area contributed by atoms with Gasteiger partial charge in [0, 0.05) is 29.9 Å². The van der Waals surface area contributed by atoms with Gasteiger partial charge in [-0.1, -0.05) is 22.7 Å². The molecule has 0 fully saturated rings. The maximum Gasteiger partial charge on any atom is 0.247 e. The number of aromatic nitrogens is 6. The molecule has 0 saturated carbocycles. The Kier molecular flexibility index (Phi) is 10.7. The zero-order chi connectivity index (χ0) is 26.8. The predicted molar refractivity (Wildman–Crippen MR) is 149 cm³/mol. The smallest absolute Gasteiger partial charge is 0.247 e. The van der Waals surface area contributed by atoms with E-state index in [4.69, 9.17) is 5.73 Å². The zero-order valence-electron chi connectivity index (χ0n) is 21.1. The van der Waals surface area contributed by atoms with Crippen LogP contribution in [0.3, 0.4) is 0 Å². The summed E-state index contributed by atoms with van der Waals surface area (Å²) in [5.41, 5.74) is 8.73. The Labute approximate surface area is 227 Å². The van der Waals surface area contributed by atoms with Crippen LogP contribution in [0.4, 0.5) is 10.3 Å². The van der Waals surface area contributed by atoms with Crippen LogP contribution in [-0.4, -0.2) is 65.8 Å². The Morgan fingerprint density at radius 3 is 2.16 bits per heavy atom. The number of anilines is 2. The average molecular weight is 563 g/mol. The SMILES string of the molecule is CC(N)=CC(C)=NCC(=O)Nc1nnc(CCSCCc2nnc(NC(=O)Cn3nc(C)cc3C)s2)s1. The van der Waals surface area contributed by atoms with Gasteiger partial charge in [-0.3, -0.25) is 29.9 Å². The van der Waals surface area contributed by atoms with E-state index in [0.29, 0.717) is 21.7 Å². The van der Waals surface area contributed by atoms with E-state index in [1.54, 1.807) is 36.4 Å². The summed E-state index contributed by atoms with van der Waals surface area (Å²) in [6, 6.07) is 1.93. The summed E-state index contributed by atoms with van der Waals surface area (Å²) in [6.45, 7) is 7.50. The lowest BCUT2D eigenvalue weighted by Gasteiger charge is -2.03. The first-order valence-electron chi connectivity index (χ1n) is 11.5. The molecule has 0 bridgehead atoms. The van der Waals surface area contributed by atoms with Gasteiger partial charge in [0.2, 0.25) is 22.1 Å². The van der Waals surface area contributed by atoms with Crippen LogP contribution < -0.4 is 16.4 Å². The topological polar surface area (TPSA) is 166 Å². The van der Waals surface area contributed by atoms with Gasteiger partial charge < -0.3 is 5.73 Å². The van der Waals surface area contributed by atoms with Crippen LogP contribution in [0.15, 0.2) is 22.8 Å². The van der Waals surface area contributed by atoms with Gasteiger partial charge in [-0.25, -0.2) is 0 Å². The van der Waals surface area contributed by atoms with Crippen molar-refractivity contribution in [3.8, 4) is 0 Å². The van der Waals surface area contributed by atoms with Gasteiger partial charge >= 0.3 is 0 Å². The third-order valence-corrected chi connectivity index (χ3v) is 7.43. The second kappa shape index (κ2) is 13.9. The molecule has 37 heavy (non-hydrogen) atoms. The number of thioether (sulfide) groups is 1. The summed E-state index contributed by atoms with van der Waals surface area (Å²) >= 11 is 4.50. The number of hydrogen-bond donors (Lipinski definition) is 3. The monoisotopic (exact) mass is 562 g/mol. The maximum absolute atomic E-state index is 12.3. The Morgan fingerprint density at radius 1 is 1.03 bits per heavy atom. The van der Waals surface area contributed by atoms with Gasteiger partial charge in [0.25, 0.3) is 0 Å². The van der Waals surface area contributed by atoms with Crippen molar-refractivity contribution >= 4 is 62.2 Å². The molecule has 0 saturated heterocycles. The molecule has 2 amide bonds. The molecule has 4 N–H and O–H groups in total. The number of amides is 2. The fourth-order valence-corrected chi connectivity index (χ4v) is 5.74. The molecule has 3 aromatic heterocycles. The molecule has 0 aliphatic heterocycles. The van der Waals surface area contributed by atoms with Crippen molar-refractivity contribution in [2.45, 2.75) is 47.1 Å². The highest BCUT2D eigenvalue weighted by molar-refractivity contribution is 7.99. The van der Waals surface area contributed by atoms with E-state index in [-0.39, 0.29) is 24.9 Å². The number of carbonyl (C=O) groups excluding carboxylic acids is 2. The Morgan fingerprint density at radius 2 is 1.62 bits per heavy atom. The quantitative estimate of drug-likeness (QED) is 0.210. The lowest BCUT2D eigenvalue weighted by Crippen LogP contribution is -2.20. The normalized spacial score (nSPS) is 12.1. The molecule has 0 radical (unpaired) electrons. The van der Waals surface area contributed by atoms with Crippen molar-refractivity contribution in [2.24, 2.45) is 10.7 Å². The summed E-state index contributed by atoms with van der Waals surface area (Å²) in [7, 11) is 0. The third kappa shape index (κ3) is 10.0. The van der Waals surface area contributed by atoms with Gasteiger partial charge in [0.1, 0.15) is 23.1 Å². The molecule has 0 aliphatic carbocycles. The fourth-order valence-electron chi connectivity index (χ4n) is 3.09. The minimum Gasteiger partial charge on any atom is -0.402 e. The second-order valence-electron chi connectivity index (χ2n) is 8.14. The van der Waals surface area contributed by atoms with E-state index in [1.165, 1.54) is 22.7 Å². The van der Waals surface area contributed by atoms with E-state index in [2.05, 4.69) is 41.1 Å². The number of nitrogens with one attached hydrogen (secondary N) is 2. The minimum atomic E-state index is -0.251. The highest BCUT2D eigenvalue weighted by Gasteiger charge is 2.12. The van der Waals surface area contributed by atoms with Crippen molar-refractivity contribution in [2.75, 3.05) is 28.7 Å². The number of allylic oxidation sites excluding steroid dienone is 2. The molecule has 3 rings (SSSR count). The van der Waals surface area contributed by atoms with Gasteiger partial charge in [-0.2, -0.15) is 16.9 Å². The van der Waals surface area contributed by atoms with E-state index < -0.39 is 0 Å². The molecule has 12 nitrogen and oxygen atoms in total. The summed E-state index contributed by atoms with van der Waals surface area (Å²) in [5.74, 6) is 1.29. The molecule has 3 aromatic rings. The van der Waals surface area contributed by atoms with E-state index in [0.717, 1.165) is 45.8 Å². The third-order valence-electron chi connectivity index (χ3n) is 4.65. The molecule has 0 atom stereocenters. The van der Waals surface area contributed by atoms with E-state index in [9.17, 15) is 9.59 Å². The second-order valence-corrected chi connectivity index (χ2v) is 11.5. The zero-order valence-corrected chi connectivity index (χ0v) is 23.6. The predicted octanol–water partition coefficient (Wildman–Crippen LogP) is 2.62. The van der Waals surface area contributed by atoms with Crippen LogP contribution in [0.1, 0.15) is 35.3 Å². The van der Waals surface area contributed by atoms with E-state index in [1.807, 2.05) is 19.9 Å².